The van der Waals surface area contributed by atoms with Crippen LogP contribution in [-0.2, 0) is 6.42 Å². The Bertz CT molecular complexity index is 373. The third-order valence-electron chi connectivity index (χ3n) is 4.37. The molecule has 0 amide bonds. The van der Waals surface area contributed by atoms with Gasteiger partial charge in [-0.05, 0) is 61.1 Å². The second kappa shape index (κ2) is 5.75. The van der Waals surface area contributed by atoms with Crippen molar-refractivity contribution in [2.24, 2.45) is 17.1 Å². The smallest absolute Gasteiger partial charge is 0.0175 e. The minimum Gasteiger partial charge on any atom is -0.327 e. The van der Waals surface area contributed by atoms with Crippen molar-refractivity contribution >= 4 is 15.9 Å². The van der Waals surface area contributed by atoms with Crippen LogP contribution >= 0.6 is 15.9 Å². The molecule has 2 heteroatoms. The molecule has 0 aliphatic heterocycles. The highest BCUT2D eigenvalue weighted by Gasteiger charge is 2.29. The summed E-state index contributed by atoms with van der Waals surface area (Å²) in [5, 5.41) is 0. The van der Waals surface area contributed by atoms with Crippen LogP contribution in [0.1, 0.15) is 45.1 Å². The van der Waals surface area contributed by atoms with Gasteiger partial charge in [-0.15, -0.1) is 0 Å². The van der Waals surface area contributed by atoms with Gasteiger partial charge in [-0.3, -0.25) is 0 Å². The van der Waals surface area contributed by atoms with Crippen molar-refractivity contribution in [1.82, 2.24) is 0 Å². The zero-order valence-electron chi connectivity index (χ0n) is 11.5. The van der Waals surface area contributed by atoms with Crippen molar-refractivity contribution in [3.05, 3.63) is 34.3 Å². The fourth-order valence-electron chi connectivity index (χ4n) is 2.91. The molecule has 18 heavy (non-hydrogen) atoms. The van der Waals surface area contributed by atoms with Crippen LogP contribution in [-0.4, -0.2) is 6.04 Å². The molecule has 1 aliphatic rings. The van der Waals surface area contributed by atoms with Crippen LogP contribution in [0.5, 0.6) is 0 Å². The van der Waals surface area contributed by atoms with E-state index in [4.69, 9.17) is 5.73 Å². The summed E-state index contributed by atoms with van der Waals surface area (Å²) in [6, 6.07) is 8.88. The number of hydrogen-bond donors (Lipinski definition) is 1. The molecule has 1 atom stereocenters. The first-order valence-corrected chi connectivity index (χ1v) is 7.76. The van der Waals surface area contributed by atoms with Crippen molar-refractivity contribution in [3.8, 4) is 0 Å². The summed E-state index contributed by atoms with van der Waals surface area (Å²) in [6.07, 6.45) is 6.26. The van der Waals surface area contributed by atoms with Crippen LogP contribution in [0.2, 0.25) is 0 Å². The molecule has 1 aromatic rings. The summed E-state index contributed by atoms with van der Waals surface area (Å²) in [5.74, 6) is 0.710. The Morgan fingerprint density at radius 2 is 1.78 bits per heavy atom. The summed E-state index contributed by atoms with van der Waals surface area (Å²) in [6.45, 7) is 4.76. The van der Waals surface area contributed by atoms with Gasteiger partial charge in [0.1, 0.15) is 0 Å². The highest BCUT2D eigenvalue weighted by molar-refractivity contribution is 9.10. The number of halogens is 1. The zero-order chi connectivity index (χ0) is 13.2. The Labute approximate surface area is 119 Å². The van der Waals surface area contributed by atoms with Gasteiger partial charge in [0.05, 0.1) is 0 Å². The van der Waals surface area contributed by atoms with E-state index in [1.807, 2.05) is 0 Å². The fraction of sp³-hybridized carbons (Fsp3) is 0.625. The summed E-state index contributed by atoms with van der Waals surface area (Å²) in [5.41, 5.74) is 8.29. The Morgan fingerprint density at radius 3 is 2.33 bits per heavy atom. The first-order chi connectivity index (χ1) is 8.46. The van der Waals surface area contributed by atoms with E-state index in [0.717, 1.165) is 10.9 Å². The van der Waals surface area contributed by atoms with E-state index in [1.165, 1.54) is 31.2 Å². The van der Waals surface area contributed by atoms with Gasteiger partial charge in [-0.25, -0.2) is 0 Å². The quantitative estimate of drug-likeness (QED) is 0.872. The van der Waals surface area contributed by atoms with E-state index in [1.54, 1.807) is 0 Å². The first kappa shape index (κ1) is 14.1. The monoisotopic (exact) mass is 309 g/mol. The van der Waals surface area contributed by atoms with Crippen molar-refractivity contribution in [1.29, 1.82) is 0 Å². The molecule has 1 nitrogen and oxygen atoms in total. The lowest BCUT2D eigenvalue weighted by Gasteiger charge is -2.36. The van der Waals surface area contributed by atoms with E-state index < -0.39 is 0 Å². The minimum atomic E-state index is 0.322. The largest absolute Gasteiger partial charge is 0.327 e. The molecule has 1 fully saturated rings. The topological polar surface area (TPSA) is 26.0 Å². The molecular weight excluding hydrogens is 286 g/mol. The molecule has 2 rings (SSSR count). The average molecular weight is 310 g/mol. The van der Waals surface area contributed by atoms with Crippen LogP contribution in [0.3, 0.4) is 0 Å². The maximum Gasteiger partial charge on any atom is 0.0175 e. The summed E-state index contributed by atoms with van der Waals surface area (Å²) < 4.78 is 1.14. The van der Waals surface area contributed by atoms with Gasteiger partial charge in [-0.1, -0.05) is 41.9 Å². The summed E-state index contributed by atoms with van der Waals surface area (Å²) >= 11 is 3.47. The zero-order valence-corrected chi connectivity index (χ0v) is 13.0. The molecule has 100 valence electrons. The molecule has 0 spiro atoms. The van der Waals surface area contributed by atoms with Gasteiger partial charge >= 0.3 is 0 Å². The predicted molar refractivity (Wildman–Crippen MR) is 81.6 cm³/mol. The highest BCUT2D eigenvalue weighted by atomic mass is 79.9. The number of nitrogens with two attached hydrogens (primary N) is 1. The molecular formula is C16H24BrN. The Morgan fingerprint density at radius 1 is 1.22 bits per heavy atom. The molecule has 0 bridgehead atoms. The third kappa shape index (κ3) is 3.83. The van der Waals surface area contributed by atoms with Gasteiger partial charge in [0.15, 0.2) is 0 Å². The van der Waals surface area contributed by atoms with Crippen molar-refractivity contribution in [2.45, 2.75) is 52.0 Å². The molecule has 1 unspecified atom stereocenters. The Balaban J connectivity index is 1.89. The van der Waals surface area contributed by atoms with Gasteiger partial charge < -0.3 is 5.73 Å². The fourth-order valence-corrected chi connectivity index (χ4v) is 3.17. The summed E-state index contributed by atoms with van der Waals surface area (Å²) in [7, 11) is 0. The molecule has 0 aromatic heterocycles. The third-order valence-corrected chi connectivity index (χ3v) is 4.90. The van der Waals surface area contributed by atoms with E-state index in [0.29, 0.717) is 17.4 Å². The maximum absolute atomic E-state index is 6.40. The highest BCUT2D eigenvalue weighted by Crippen LogP contribution is 2.39. The van der Waals surface area contributed by atoms with Gasteiger partial charge in [0.25, 0.3) is 0 Å². The van der Waals surface area contributed by atoms with Crippen LogP contribution in [0.25, 0.3) is 0 Å². The van der Waals surface area contributed by atoms with E-state index in [9.17, 15) is 0 Å². The van der Waals surface area contributed by atoms with Gasteiger partial charge in [0, 0.05) is 10.5 Å². The molecule has 0 saturated heterocycles. The lowest BCUT2D eigenvalue weighted by atomic mass is 9.70. The van der Waals surface area contributed by atoms with Crippen LogP contribution < -0.4 is 5.73 Å². The van der Waals surface area contributed by atoms with Crippen LogP contribution in [0, 0.1) is 11.3 Å². The van der Waals surface area contributed by atoms with E-state index in [-0.39, 0.29) is 0 Å². The molecule has 0 radical (unpaired) electrons. The summed E-state index contributed by atoms with van der Waals surface area (Å²) in [4.78, 5) is 0. The molecule has 2 N–H and O–H groups in total. The lowest BCUT2D eigenvalue weighted by Crippen LogP contribution is -2.36. The maximum atomic E-state index is 6.40. The van der Waals surface area contributed by atoms with Gasteiger partial charge in [0.2, 0.25) is 0 Å². The SMILES string of the molecule is CC1(C)CCC(C(N)Cc2ccc(Br)cc2)CC1. The normalized spacial score (nSPS) is 21.8. The molecule has 1 aromatic carbocycles. The molecule has 1 saturated carbocycles. The second-order valence-corrected chi connectivity index (χ2v) is 7.41. The second-order valence-electron chi connectivity index (χ2n) is 6.50. The Hall–Kier alpha value is -0.340. The number of benzene rings is 1. The Kier molecular flexibility index (Phi) is 4.50. The average Bonchev–Trinajstić information content (AvgIpc) is 2.32. The van der Waals surface area contributed by atoms with Gasteiger partial charge in [-0.2, -0.15) is 0 Å². The standard InChI is InChI=1S/C16H24BrN/c1-16(2)9-7-13(8-10-16)15(18)11-12-3-5-14(17)6-4-12/h3-6,13,15H,7-11,18H2,1-2H3. The van der Waals surface area contributed by atoms with Crippen molar-refractivity contribution in [3.63, 3.8) is 0 Å². The van der Waals surface area contributed by atoms with Crippen LogP contribution in [0.15, 0.2) is 28.7 Å². The predicted octanol–water partition coefficient (Wildman–Crippen LogP) is 4.54. The lowest BCUT2D eigenvalue weighted by molar-refractivity contribution is 0.173. The first-order valence-electron chi connectivity index (χ1n) is 6.96. The molecule has 0 heterocycles. The van der Waals surface area contributed by atoms with E-state index in [2.05, 4.69) is 54.0 Å². The van der Waals surface area contributed by atoms with E-state index >= 15 is 0 Å². The molecule has 1 aliphatic carbocycles. The minimum absolute atomic E-state index is 0.322. The van der Waals surface area contributed by atoms with Crippen molar-refractivity contribution in [2.75, 3.05) is 0 Å². The number of rotatable bonds is 3. The van der Waals surface area contributed by atoms with Crippen molar-refractivity contribution < 1.29 is 0 Å². The van der Waals surface area contributed by atoms with Crippen LogP contribution in [0.4, 0.5) is 0 Å². The number of hydrogen-bond acceptors (Lipinski definition) is 1.